The number of hydrogen-bond acceptors (Lipinski definition) is 2. The van der Waals surface area contributed by atoms with Crippen molar-refractivity contribution in [3.8, 4) is 0 Å². The van der Waals surface area contributed by atoms with E-state index in [-0.39, 0.29) is 5.41 Å². The van der Waals surface area contributed by atoms with Crippen LogP contribution in [0.25, 0.3) is 0 Å². The highest BCUT2D eigenvalue weighted by atomic mass is 79.9. The van der Waals surface area contributed by atoms with Gasteiger partial charge in [0.25, 0.3) is 0 Å². The molecule has 2 rings (SSSR count). The molecule has 0 aliphatic carbocycles. The molecule has 0 saturated carbocycles. The third kappa shape index (κ3) is 2.18. The minimum atomic E-state index is -0.867. The van der Waals surface area contributed by atoms with Gasteiger partial charge in [-0.2, -0.15) is 5.10 Å². The normalized spacial score (nSPS) is 15.9. The number of carbonyl (C=O) groups is 1. The van der Waals surface area contributed by atoms with Crippen LogP contribution in [0, 0.1) is 0 Å². The summed E-state index contributed by atoms with van der Waals surface area (Å²) in [5.74, 6) is 0. The summed E-state index contributed by atoms with van der Waals surface area (Å²) in [6.45, 7) is 7.86. The monoisotopic (exact) mass is 301 g/mol. The van der Waals surface area contributed by atoms with Crippen LogP contribution in [0.4, 0.5) is 4.79 Å². The second-order valence-electron chi connectivity index (χ2n) is 5.29. The topological polar surface area (TPSA) is 58.4 Å². The summed E-state index contributed by atoms with van der Waals surface area (Å²) in [5, 5.41) is 13.5. The maximum atomic E-state index is 11.0. The van der Waals surface area contributed by atoms with Crippen LogP contribution in [-0.2, 0) is 18.5 Å². The lowest BCUT2D eigenvalue weighted by Crippen LogP contribution is -2.38. The molecule has 0 aromatic carbocycles. The van der Waals surface area contributed by atoms with Gasteiger partial charge in [0.15, 0.2) is 0 Å². The Balaban J connectivity index is 2.45. The SMILES string of the molecule is CC(C)(C)c1c(Br)nn2c1CN(C(=O)O)CC2. The minimum Gasteiger partial charge on any atom is -0.465 e. The van der Waals surface area contributed by atoms with Gasteiger partial charge in [-0.15, -0.1) is 0 Å². The second kappa shape index (κ2) is 4.01. The lowest BCUT2D eigenvalue weighted by Gasteiger charge is -2.28. The van der Waals surface area contributed by atoms with Crippen LogP contribution >= 0.6 is 15.9 Å². The number of fused-ring (bicyclic) bond motifs is 1. The van der Waals surface area contributed by atoms with Gasteiger partial charge >= 0.3 is 6.09 Å². The smallest absolute Gasteiger partial charge is 0.407 e. The summed E-state index contributed by atoms with van der Waals surface area (Å²) in [5.41, 5.74) is 2.05. The summed E-state index contributed by atoms with van der Waals surface area (Å²) < 4.78 is 2.73. The molecular formula is C11H16BrN3O2. The zero-order chi connectivity index (χ0) is 12.8. The molecule has 0 fully saturated rings. The molecule has 0 saturated heterocycles. The Kier molecular flexibility index (Phi) is 2.93. The Labute approximate surface area is 109 Å². The highest BCUT2D eigenvalue weighted by molar-refractivity contribution is 9.10. The third-order valence-electron chi connectivity index (χ3n) is 2.96. The standard InChI is InChI=1S/C11H16BrN3O2/c1-11(2,3)8-7-6-14(10(16)17)4-5-15(7)13-9(8)12/h4-6H2,1-3H3,(H,16,17). The summed E-state index contributed by atoms with van der Waals surface area (Å²) in [4.78, 5) is 12.4. The van der Waals surface area contributed by atoms with E-state index in [1.165, 1.54) is 4.90 Å². The summed E-state index contributed by atoms with van der Waals surface area (Å²) >= 11 is 3.47. The van der Waals surface area contributed by atoms with E-state index in [9.17, 15) is 4.79 Å². The van der Waals surface area contributed by atoms with E-state index < -0.39 is 6.09 Å². The van der Waals surface area contributed by atoms with Gasteiger partial charge in [0.1, 0.15) is 4.60 Å². The molecule has 1 aromatic heterocycles. The quantitative estimate of drug-likeness (QED) is 0.801. The number of nitrogens with zero attached hydrogens (tertiary/aromatic N) is 3. The predicted octanol–water partition coefficient (Wildman–Crippen LogP) is 2.44. The number of amides is 1. The van der Waals surface area contributed by atoms with Crippen LogP contribution in [0.1, 0.15) is 32.0 Å². The van der Waals surface area contributed by atoms with Crippen molar-refractivity contribution in [3.05, 3.63) is 15.9 Å². The summed E-state index contributed by atoms with van der Waals surface area (Å²) in [7, 11) is 0. The van der Waals surface area contributed by atoms with Crippen molar-refractivity contribution in [1.82, 2.24) is 14.7 Å². The third-order valence-corrected chi connectivity index (χ3v) is 3.51. The van der Waals surface area contributed by atoms with Crippen molar-refractivity contribution in [2.75, 3.05) is 6.54 Å². The molecule has 1 aromatic rings. The minimum absolute atomic E-state index is 0.0477. The fourth-order valence-electron chi connectivity index (χ4n) is 2.19. The molecule has 0 radical (unpaired) electrons. The average Bonchev–Trinajstić information content (AvgIpc) is 2.51. The highest BCUT2D eigenvalue weighted by Gasteiger charge is 2.31. The first-order chi connectivity index (χ1) is 7.80. The molecule has 1 N–H and O–H groups in total. The van der Waals surface area contributed by atoms with Gasteiger partial charge in [0, 0.05) is 12.1 Å². The predicted molar refractivity (Wildman–Crippen MR) is 67.1 cm³/mol. The molecule has 1 aliphatic rings. The molecule has 2 heterocycles. The Bertz CT molecular complexity index is 462. The maximum Gasteiger partial charge on any atom is 0.407 e. The molecule has 0 atom stereocenters. The Morgan fingerprint density at radius 3 is 2.59 bits per heavy atom. The maximum absolute atomic E-state index is 11.0. The Hall–Kier alpha value is -1.04. The molecule has 94 valence electrons. The zero-order valence-corrected chi connectivity index (χ0v) is 11.8. The molecule has 0 spiro atoms. The van der Waals surface area contributed by atoms with E-state index in [4.69, 9.17) is 5.11 Å². The fourth-order valence-corrected chi connectivity index (χ4v) is 3.21. The van der Waals surface area contributed by atoms with Crippen molar-refractivity contribution in [3.63, 3.8) is 0 Å². The van der Waals surface area contributed by atoms with Gasteiger partial charge in [0.05, 0.1) is 18.8 Å². The number of hydrogen-bond donors (Lipinski definition) is 1. The zero-order valence-electron chi connectivity index (χ0n) is 10.2. The molecule has 1 amide bonds. The largest absolute Gasteiger partial charge is 0.465 e. The number of halogens is 1. The molecule has 1 aliphatic heterocycles. The second-order valence-corrected chi connectivity index (χ2v) is 6.04. The molecule has 6 heteroatoms. The van der Waals surface area contributed by atoms with Crippen molar-refractivity contribution in [2.45, 2.75) is 39.3 Å². The molecular weight excluding hydrogens is 286 g/mol. The van der Waals surface area contributed by atoms with Gasteiger partial charge in [-0.3, -0.25) is 4.68 Å². The van der Waals surface area contributed by atoms with Crippen LogP contribution < -0.4 is 0 Å². The summed E-state index contributed by atoms with van der Waals surface area (Å²) in [6.07, 6.45) is -0.867. The van der Waals surface area contributed by atoms with Crippen molar-refractivity contribution in [2.24, 2.45) is 0 Å². The molecule has 0 unspecified atom stereocenters. The van der Waals surface area contributed by atoms with Gasteiger partial charge in [-0.1, -0.05) is 20.8 Å². The first-order valence-electron chi connectivity index (χ1n) is 5.54. The van der Waals surface area contributed by atoms with Crippen LogP contribution in [0.3, 0.4) is 0 Å². The Morgan fingerprint density at radius 1 is 1.41 bits per heavy atom. The molecule has 0 bridgehead atoms. The molecule has 5 nitrogen and oxygen atoms in total. The van der Waals surface area contributed by atoms with Crippen molar-refractivity contribution >= 4 is 22.0 Å². The van der Waals surface area contributed by atoms with Crippen LogP contribution in [-0.4, -0.2) is 32.4 Å². The fraction of sp³-hybridized carbons (Fsp3) is 0.636. The van der Waals surface area contributed by atoms with E-state index in [0.717, 1.165) is 15.9 Å². The van der Waals surface area contributed by atoms with Gasteiger partial charge in [-0.05, 0) is 21.3 Å². The first kappa shape index (κ1) is 12.4. The van der Waals surface area contributed by atoms with E-state index in [1.807, 2.05) is 4.68 Å². The number of carboxylic acid groups (broad SMARTS) is 1. The van der Waals surface area contributed by atoms with Crippen molar-refractivity contribution < 1.29 is 9.90 Å². The van der Waals surface area contributed by atoms with Crippen molar-refractivity contribution in [1.29, 1.82) is 0 Å². The highest BCUT2D eigenvalue weighted by Crippen LogP contribution is 2.34. The molecule has 17 heavy (non-hydrogen) atoms. The number of rotatable bonds is 0. The van der Waals surface area contributed by atoms with E-state index >= 15 is 0 Å². The van der Waals surface area contributed by atoms with Crippen LogP contribution in [0.2, 0.25) is 0 Å². The first-order valence-corrected chi connectivity index (χ1v) is 6.33. The van der Waals surface area contributed by atoms with Gasteiger partial charge < -0.3 is 10.0 Å². The van der Waals surface area contributed by atoms with E-state index in [1.54, 1.807) is 0 Å². The van der Waals surface area contributed by atoms with E-state index in [0.29, 0.717) is 19.6 Å². The van der Waals surface area contributed by atoms with Crippen LogP contribution in [0.5, 0.6) is 0 Å². The number of aromatic nitrogens is 2. The lowest BCUT2D eigenvalue weighted by molar-refractivity contribution is 0.130. The van der Waals surface area contributed by atoms with Crippen LogP contribution in [0.15, 0.2) is 4.60 Å². The average molecular weight is 302 g/mol. The van der Waals surface area contributed by atoms with E-state index in [2.05, 4.69) is 41.8 Å². The van der Waals surface area contributed by atoms with Gasteiger partial charge in [-0.25, -0.2) is 4.79 Å². The Morgan fingerprint density at radius 2 is 2.06 bits per heavy atom. The lowest BCUT2D eigenvalue weighted by atomic mass is 9.87. The van der Waals surface area contributed by atoms with Gasteiger partial charge in [0.2, 0.25) is 0 Å². The summed E-state index contributed by atoms with van der Waals surface area (Å²) in [6, 6.07) is 0.